The minimum absolute atomic E-state index is 0.0713. The van der Waals surface area contributed by atoms with Gasteiger partial charge in [0.25, 0.3) is 11.8 Å². The molecule has 1 N–H and O–H groups in total. The molecule has 0 unspecified atom stereocenters. The summed E-state index contributed by atoms with van der Waals surface area (Å²) >= 11 is 0. The molecule has 6 heteroatoms. The van der Waals surface area contributed by atoms with Gasteiger partial charge < -0.3 is 15.1 Å². The Kier molecular flexibility index (Phi) is 6.33. The van der Waals surface area contributed by atoms with Crippen LogP contribution in [0.5, 0.6) is 0 Å². The van der Waals surface area contributed by atoms with Crippen molar-refractivity contribution in [1.29, 1.82) is 0 Å². The van der Waals surface area contributed by atoms with Gasteiger partial charge in [0.05, 0.1) is 11.1 Å². The smallest absolute Gasteiger partial charge is 0.257 e. The third-order valence-electron chi connectivity index (χ3n) is 5.34. The maximum Gasteiger partial charge on any atom is 0.257 e. The number of carbonyl (C=O) groups is 2. The van der Waals surface area contributed by atoms with Crippen LogP contribution in [0.4, 0.5) is 5.69 Å². The number of amides is 2. The van der Waals surface area contributed by atoms with Crippen LogP contribution in [-0.2, 0) is 5.41 Å². The van der Waals surface area contributed by atoms with E-state index in [1.807, 2.05) is 29.2 Å². The number of para-hydroxylation sites is 1. The number of hydrogen-bond donors (Lipinski definition) is 1. The molecule has 154 valence electrons. The molecule has 0 aliphatic carbocycles. The second-order valence-electron chi connectivity index (χ2n) is 8.44. The number of aromatic nitrogens is 1. The molecular weight excluding hydrogens is 364 g/mol. The Morgan fingerprint density at radius 2 is 1.69 bits per heavy atom. The first kappa shape index (κ1) is 21.0. The molecule has 0 bridgehead atoms. The van der Waals surface area contributed by atoms with Crippen LogP contribution in [0.3, 0.4) is 0 Å². The van der Waals surface area contributed by atoms with Crippen molar-refractivity contribution in [3.63, 3.8) is 0 Å². The molecule has 2 amide bonds. The molecule has 0 saturated carbocycles. The van der Waals surface area contributed by atoms with Gasteiger partial charge in [-0.15, -0.1) is 0 Å². The summed E-state index contributed by atoms with van der Waals surface area (Å²) in [6.07, 6.45) is 3.04. The highest BCUT2D eigenvalue weighted by molar-refractivity contribution is 6.06. The Labute approximate surface area is 172 Å². The summed E-state index contributed by atoms with van der Waals surface area (Å²) in [6.45, 7) is 12.6. The first-order valence-corrected chi connectivity index (χ1v) is 10.2. The van der Waals surface area contributed by atoms with Gasteiger partial charge in [-0.1, -0.05) is 45.9 Å². The molecule has 1 fully saturated rings. The van der Waals surface area contributed by atoms with Crippen molar-refractivity contribution < 1.29 is 9.59 Å². The number of nitrogens with zero attached hydrogens (tertiary/aromatic N) is 3. The maximum absolute atomic E-state index is 12.8. The molecule has 1 aliphatic heterocycles. The highest BCUT2D eigenvalue weighted by Gasteiger charge is 2.23. The van der Waals surface area contributed by atoms with Gasteiger partial charge in [0.2, 0.25) is 0 Å². The van der Waals surface area contributed by atoms with Crippen molar-refractivity contribution in [2.75, 3.05) is 38.0 Å². The lowest BCUT2D eigenvalue weighted by atomic mass is 9.86. The average molecular weight is 395 g/mol. The Morgan fingerprint density at radius 3 is 2.34 bits per heavy atom. The van der Waals surface area contributed by atoms with E-state index in [4.69, 9.17) is 0 Å². The number of anilines is 1. The first-order chi connectivity index (χ1) is 13.8. The van der Waals surface area contributed by atoms with E-state index in [1.165, 1.54) is 12.4 Å². The van der Waals surface area contributed by atoms with Gasteiger partial charge in [0.1, 0.15) is 0 Å². The van der Waals surface area contributed by atoms with Crippen molar-refractivity contribution in [3.8, 4) is 0 Å². The van der Waals surface area contributed by atoms with E-state index < -0.39 is 0 Å². The highest BCUT2D eigenvalue weighted by Crippen LogP contribution is 2.29. The predicted molar refractivity (Wildman–Crippen MR) is 115 cm³/mol. The minimum atomic E-state index is -0.264. The summed E-state index contributed by atoms with van der Waals surface area (Å²) in [5, 5.41) is 2.98. The van der Waals surface area contributed by atoms with Crippen molar-refractivity contribution in [2.24, 2.45) is 0 Å². The summed E-state index contributed by atoms with van der Waals surface area (Å²) in [4.78, 5) is 34.0. The fourth-order valence-electron chi connectivity index (χ4n) is 3.57. The van der Waals surface area contributed by atoms with Gasteiger partial charge in [-0.2, -0.15) is 0 Å². The molecule has 2 heterocycles. The Hall–Kier alpha value is -2.73. The fourth-order valence-corrected chi connectivity index (χ4v) is 3.57. The zero-order valence-corrected chi connectivity index (χ0v) is 17.7. The molecule has 1 saturated heterocycles. The Balaban J connectivity index is 1.75. The van der Waals surface area contributed by atoms with E-state index in [0.29, 0.717) is 24.2 Å². The lowest BCUT2D eigenvalue weighted by molar-refractivity contribution is 0.0643. The Bertz CT molecular complexity index is 880. The number of likely N-dealkylation sites (N-methyl/N-ethyl adjacent to an activating group) is 1. The van der Waals surface area contributed by atoms with Crippen molar-refractivity contribution >= 4 is 17.5 Å². The van der Waals surface area contributed by atoms with Gasteiger partial charge in [-0.05, 0) is 29.7 Å². The first-order valence-electron chi connectivity index (χ1n) is 10.2. The van der Waals surface area contributed by atoms with Gasteiger partial charge >= 0.3 is 0 Å². The normalized spacial score (nSPS) is 15.2. The van der Waals surface area contributed by atoms with E-state index in [1.54, 1.807) is 6.07 Å². The van der Waals surface area contributed by atoms with Crippen LogP contribution in [-0.4, -0.2) is 59.3 Å². The standard InChI is InChI=1S/C23H30N4O2/c1-5-26-10-12-27(13-11-26)22(29)18-14-17(15-24-16-18)21(28)25-20-9-7-6-8-19(20)23(2,3)4/h6-9,14-16H,5,10-13H2,1-4H3,(H,25,28). The third kappa shape index (κ3) is 5.01. The lowest BCUT2D eigenvalue weighted by Gasteiger charge is -2.34. The highest BCUT2D eigenvalue weighted by atomic mass is 16.2. The monoisotopic (exact) mass is 394 g/mol. The molecule has 1 aliphatic rings. The summed E-state index contributed by atoms with van der Waals surface area (Å²) in [5.74, 6) is -0.336. The van der Waals surface area contributed by atoms with Crippen LogP contribution >= 0.6 is 0 Å². The molecule has 0 radical (unpaired) electrons. The quantitative estimate of drug-likeness (QED) is 0.863. The molecule has 0 atom stereocenters. The molecular formula is C23H30N4O2. The van der Waals surface area contributed by atoms with Crippen molar-refractivity contribution in [2.45, 2.75) is 33.1 Å². The molecule has 3 rings (SSSR count). The summed E-state index contributed by atoms with van der Waals surface area (Å²) in [7, 11) is 0. The summed E-state index contributed by atoms with van der Waals surface area (Å²) in [5.41, 5.74) is 2.57. The molecule has 29 heavy (non-hydrogen) atoms. The van der Waals surface area contributed by atoms with Crippen LogP contribution in [0.2, 0.25) is 0 Å². The van der Waals surface area contributed by atoms with Gasteiger partial charge in [0.15, 0.2) is 0 Å². The summed E-state index contributed by atoms with van der Waals surface area (Å²) in [6, 6.07) is 9.42. The van der Waals surface area contributed by atoms with E-state index in [2.05, 4.69) is 42.9 Å². The number of rotatable bonds is 4. The predicted octanol–water partition coefficient (Wildman–Crippen LogP) is 3.41. The number of pyridine rings is 1. The number of piperazine rings is 1. The van der Waals surface area contributed by atoms with Crippen LogP contribution in [0.1, 0.15) is 54.0 Å². The van der Waals surface area contributed by atoms with Gasteiger partial charge in [-0.25, -0.2) is 0 Å². The second-order valence-corrected chi connectivity index (χ2v) is 8.44. The SMILES string of the molecule is CCN1CCN(C(=O)c2cncc(C(=O)Nc3ccccc3C(C)(C)C)c2)CC1. The Morgan fingerprint density at radius 1 is 1.03 bits per heavy atom. The number of nitrogens with one attached hydrogen (secondary N) is 1. The van der Waals surface area contributed by atoms with Gasteiger partial charge in [0, 0.05) is 44.3 Å². The number of benzene rings is 1. The third-order valence-corrected chi connectivity index (χ3v) is 5.34. The van der Waals surface area contributed by atoms with E-state index in [-0.39, 0.29) is 17.2 Å². The summed E-state index contributed by atoms with van der Waals surface area (Å²) < 4.78 is 0. The fraction of sp³-hybridized carbons (Fsp3) is 0.435. The number of hydrogen-bond acceptors (Lipinski definition) is 4. The van der Waals surface area contributed by atoms with Gasteiger partial charge in [-0.3, -0.25) is 14.6 Å². The minimum Gasteiger partial charge on any atom is -0.336 e. The number of carbonyl (C=O) groups excluding carboxylic acids is 2. The van der Waals surface area contributed by atoms with E-state index >= 15 is 0 Å². The van der Waals surface area contributed by atoms with E-state index in [9.17, 15) is 9.59 Å². The molecule has 6 nitrogen and oxygen atoms in total. The zero-order chi connectivity index (χ0) is 21.0. The van der Waals surface area contributed by atoms with E-state index in [0.717, 1.165) is 30.9 Å². The molecule has 0 spiro atoms. The van der Waals surface area contributed by atoms with Crippen molar-refractivity contribution in [3.05, 3.63) is 59.4 Å². The average Bonchev–Trinajstić information content (AvgIpc) is 2.73. The van der Waals surface area contributed by atoms with Crippen LogP contribution < -0.4 is 5.32 Å². The molecule has 2 aromatic rings. The second kappa shape index (κ2) is 8.74. The molecule has 1 aromatic carbocycles. The molecule has 1 aromatic heterocycles. The largest absolute Gasteiger partial charge is 0.336 e. The zero-order valence-electron chi connectivity index (χ0n) is 17.7. The van der Waals surface area contributed by atoms with Crippen LogP contribution in [0.15, 0.2) is 42.7 Å². The van der Waals surface area contributed by atoms with Crippen LogP contribution in [0, 0.1) is 0 Å². The van der Waals surface area contributed by atoms with Crippen LogP contribution in [0.25, 0.3) is 0 Å². The maximum atomic E-state index is 12.8. The lowest BCUT2D eigenvalue weighted by Crippen LogP contribution is -2.48. The van der Waals surface area contributed by atoms with Crippen molar-refractivity contribution in [1.82, 2.24) is 14.8 Å². The topological polar surface area (TPSA) is 65.5 Å².